The highest BCUT2D eigenvalue weighted by atomic mass is 19.4. The van der Waals surface area contributed by atoms with Crippen LogP contribution in [0.2, 0.25) is 0 Å². The van der Waals surface area contributed by atoms with Gasteiger partial charge in [0, 0.05) is 25.3 Å². The fraction of sp³-hybridized carbons (Fsp3) is 0.500. The number of nitrogens with one attached hydrogen (secondary N) is 2. The normalized spacial score (nSPS) is 15.4. The minimum atomic E-state index is -4.14. The first kappa shape index (κ1) is 23.6. The van der Waals surface area contributed by atoms with Crippen molar-refractivity contribution in [2.24, 2.45) is 5.92 Å². The predicted molar refractivity (Wildman–Crippen MR) is 116 cm³/mol. The topological polar surface area (TPSA) is 79.4 Å². The van der Waals surface area contributed by atoms with E-state index in [1.54, 1.807) is 38.1 Å². The van der Waals surface area contributed by atoms with E-state index in [0.717, 1.165) is 11.3 Å². The number of carbonyl (C=O) groups is 1. The number of benzene rings is 1. The van der Waals surface area contributed by atoms with Gasteiger partial charge in [0.05, 0.1) is 24.0 Å². The molecule has 32 heavy (non-hydrogen) atoms. The molecule has 1 fully saturated rings. The van der Waals surface area contributed by atoms with Crippen LogP contribution in [0.15, 0.2) is 36.7 Å². The van der Waals surface area contributed by atoms with E-state index in [1.807, 2.05) is 24.3 Å². The minimum Gasteiger partial charge on any atom is -0.444 e. The molecule has 2 aromatic rings. The molecule has 3 rings (SSSR count). The van der Waals surface area contributed by atoms with Crippen LogP contribution in [0.5, 0.6) is 0 Å². The molecule has 0 aliphatic carbocycles. The highest BCUT2D eigenvalue weighted by molar-refractivity contribution is 5.67. The Morgan fingerprint density at radius 2 is 1.66 bits per heavy atom. The Morgan fingerprint density at radius 1 is 1.06 bits per heavy atom. The number of rotatable bonds is 5. The summed E-state index contributed by atoms with van der Waals surface area (Å²) in [5.74, 6) is -0.818. The van der Waals surface area contributed by atoms with Gasteiger partial charge < -0.3 is 20.3 Å². The highest BCUT2D eigenvalue weighted by Crippen LogP contribution is 2.34. The molecular weight excluding hydrogens is 423 g/mol. The molecule has 7 nitrogen and oxygen atoms in total. The van der Waals surface area contributed by atoms with Crippen LogP contribution in [0.3, 0.4) is 0 Å². The minimum absolute atomic E-state index is 0.0575. The molecule has 1 amide bonds. The van der Waals surface area contributed by atoms with Crippen LogP contribution < -0.4 is 15.5 Å². The van der Waals surface area contributed by atoms with Gasteiger partial charge in [-0.05, 0) is 51.3 Å². The zero-order valence-corrected chi connectivity index (χ0v) is 18.4. The van der Waals surface area contributed by atoms with Crippen molar-refractivity contribution in [3.63, 3.8) is 0 Å². The van der Waals surface area contributed by atoms with Crippen molar-refractivity contribution >= 4 is 23.4 Å². The molecule has 2 heterocycles. The monoisotopic (exact) mass is 451 g/mol. The van der Waals surface area contributed by atoms with E-state index in [0.29, 0.717) is 18.2 Å². The molecule has 1 aromatic carbocycles. The number of ether oxygens (including phenoxy) is 1. The van der Waals surface area contributed by atoms with E-state index in [1.165, 1.54) is 0 Å². The SMILES string of the molecule is CC(C)(C)OC(=O)NCc1ccc(Nc2cnc(N3CCC(C(F)(F)F)CC3)nc2)cc1. The zero-order valence-electron chi connectivity index (χ0n) is 18.4. The Morgan fingerprint density at radius 3 is 2.19 bits per heavy atom. The van der Waals surface area contributed by atoms with Crippen molar-refractivity contribution in [3.05, 3.63) is 42.2 Å². The summed E-state index contributed by atoms with van der Waals surface area (Å²) in [6.07, 6.45) is -1.28. The smallest absolute Gasteiger partial charge is 0.407 e. The molecule has 10 heteroatoms. The molecule has 1 aromatic heterocycles. The van der Waals surface area contributed by atoms with Crippen molar-refractivity contribution in [1.29, 1.82) is 0 Å². The van der Waals surface area contributed by atoms with E-state index >= 15 is 0 Å². The van der Waals surface area contributed by atoms with Crippen LogP contribution in [0.25, 0.3) is 0 Å². The second-order valence-corrected chi connectivity index (χ2v) is 8.75. The van der Waals surface area contributed by atoms with Gasteiger partial charge in [0.2, 0.25) is 5.95 Å². The summed E-state index contributed by atoms with van der Waals surface area (Å²) in [6.45, 7) is 6.33. The number of piperidine rings is 1. The first-order valence-corrected chi connectivity index (χ1v) is 10.5. The van der Waals surface area contributed by atoms with E-state index in [-0.39, 0.29) is 25.9 Å². The number of aromatic nitrogens is 2. The lowest BCUT2D eigenvalue weighted by Crippen LogP contribution is -2.39. The third-order valence-corrected chi connectivity index (χ3v) is 4.96. The van der Waals surface area contributed by atoms with E-state index in [2.05, 4.69) is 20.6 Å². The summed E-state index contributed by atoms with van der Waals surface area (Å²) in [5, 5.41) is 5.88. The molecule has 1 saturated heterocycles. The molecule has 0 atom stereocenters. The fourth-order valence-corrected chi connectivity index (χ4v) is 3.32. The molecule has 1 aliphatic rings. The first-order chi connectivity index (χ1) is 15.0. The molecule has 0 unspecified atom stereocenters. The molecule has 0 radical (unpaired) electrons. The molecule has 1 aliphatic heterocycles. The Balaban J connectivity index is 1.49. The van der Waals surface area contributed by atoms with Gasteiger partial charge in [-0.15, -0.1) is 0 Å². The molecular formula is C22H28F3N5O2. The number of hydrogen-bond donors (Lipinski definition) is 2. The first-order valence-electron chi connectivity index (χ1n) is 10.5. The number of carbonyl (C=O) groups excluding carboxylic acids is 1. The quantitative estimate of drug-likeness (QED) is 0.664. The van der Waals surface area contributed by atoms with Gasteiger partial charge in [-0.2, -0.15) is 13.2 Å². The maximum atomic E-state index is 12.8. The lowest BCUT2D eigenvalue weighted by Gasteiger charge is -2.32. The maximum absolute atomic E-state index is 12.8. The van der Waals surface area contributed by atoms with Crippen LogP contribution in [0.4, 0.5) is 35.3 Å². The van der Waals surface area contributed by atoms with Crippen LogP contribution in [-0.4, -0.2) is 40.9 Å². The molecule has 0 saturated carbocycles. The second-order valence-electron chi connectivity index (χ2n) is 8.75. The van der Waals surface area contributed by atoms with Gasteiger partial charge in [0.1, 0.15) is 5.60 Å². The number of alkyl carbamates (subject to hydrolysis) is 1. The second kappa shape index (κ2) is 9.62. The Hall–Kier alpha value is -3.04. The van der Waals surface area contributed by atoms with Crippen LogP contribution in [0, 0.1) is 5.92 Å². The molecule has 0 spiro atoms. The summed E-state index contributed by atoms with van der Waals surface area (Å²) in [6, 6.07) is 7.48. The van der Waals surface area contributed by atoms with E-state index in [9.17, 15) is 18.0 Å². The predicted octanol–water partition coefficient (Wildman–Crippen LogP) is 5.02. The zero-order chi connectivity index (χ0) is 23.4. The molecule has 0 bridgehead atoms. The van der Waals surface area contributed by atoms with Crippen molar-refractivity contribution < 1.29 is 22.7 Å². The summed E-state index contributed by atoms with van der Waals surface area (Å²) >= 11 is 0. The number of halogens is 3. The van der Waals surface area contributed by atoms with Crippen molar-refractivity contribution in [2.75, 3.05) is 23.3 Å². The van der Waals surface area contributed by atoms with Crippen molar-refractivity contribution in [3.8, 4) is 0 Å². The molecule has 2 N–H and O–H groups in total. The fourth-order valence-electron chi connectivity index (χ4n) is 3.32. The van der Waals surface area contributed by atoms with Gasteiger partial charge in [0.15, 0.2) is 0 Å². The van der Waals surface area contributed by atoms with Crippen LogP contribution in [-0.2, 0) is 11.3 Å². The maximum Gasteiger partial charge on any atom is 0.407 e. The number of nitrogens with zero attached hydrogens (tertiary/aromatic N) is 3. The summed E-state index contributed by atoms with van der Waals surface area (Å²) in [7, 11) is 0. The van der Waals surface area contributed by atoms with Gasteiger partial charge in [-0.3, -0.25) is 0 Å². The summed E-state index contributed by atoms with van der Waals surface area (Å²) in [5.41, 5.74) is 1.84. The number of amides is 1. The number of alkyl halides is 3. The highest BCUT2D eigenvalue weighted by Gasteiger charge is 2.41. The Labute approximate surface area is 185 Å². The average molecular weight is 451 g/mol. The van der Waals surface area contributed by atoms with Crippen LogP contribution >= 0.6 is 0 Å². The standard InChI is InChI=1S/C22H28F3N5O2/c1-21(2,3)32-20(31)28-12-15-4-6-17(7-5-15)29-18-13-26-19(27-14-18)30-10-8-16(9-11-30)22(23,24)25/h4-7,13-14,16,29H,8-12H2,1-3H3,(H,28,31). The van der Waals surface area contributed by atoms with Crippen molar-refractivity contribution in [1.82, 2.24) is 15.3 Å². The van der Waals surface area contributed by atoms with Crippen molar-refractivity contribution in [2.45, 2.75) is 51.9 Å². The lowest BCUT2D eigenvalue weighted by atomic mass is 9.96. The van der Waals surface area contributed by atoms with Gasteiger partial charge in [0.25, 0.3) is 0 Å². The third kappa shape index (κ3) is 7.00. The largest absolute Gasteiger partial charge is 0.444 e. The van der Waals surface area contributed by atoms with Crippen LogP contribution in [0.1, 0.15) is 39.2 Å². The lowest BCUT2D eigenvalue weighted by molar-refractivity contribution is -0.179. The molecule has 174 valence electrons. The number of hydrogen-bond acceptors (Lipinski definition) is 6. The Bertz CT molecular complexity index is 888. The summed E-state index contributed by atoms with van der Waals surface area (Å²) in [4.78, 5) is 22.1. The van der Waals surface area contributed by atoms with Gasteiger partial charge in [-0.1, -0.05) is 12.1 Å². The van der Waals surface area contributed by atoms with Gasteiger partial charge >= 0.3 is 12.3 Å². The summed E-state index contributed by atoms with van der Waals surface area (Å²) < 4.78 is 43.6. The van der Waals surface area contributed by atoms with Gasteiger partial charge in [-0.25, -0.2) is 14.8 Å². The Kier molecular flexibility index (Phi) is 7.10. The number of anilines is 3. The average Bonchev–Trinajstić information content (AvgIpc) is 2.72. The third-order valence-electron chi connectivity index (χ3n) is 4.96. The van der Waals surface area contributed by atoms with E-state index < -0.39 is 23.8 Å². The van der Waals surface area contributed by atoms with E-state index in [4.69, 9.17) is 4.74 Å².